The third-order valence-electron chi connectivity index (χ3n) is 5.96. The van der Waals surface area contributed by atoms with Gasteiger partial charge in [0.05, 0.1) is 30.3 Å². The van der Waals surface area contributed by atoms with E-state index < -0.39 is 52.4 Å². The number of pyridine rings is 1. The first-order chi connectivity index (χ1) is 17.9. The zero-order valence-corrected chi connectivity index (χ0v) is 21.9. The highest BCUT2D eigenvalue weighted by Crippen LogP contribution is 2.13. The summed E-state index contributed by atoms with van der Waals surface area (Å²) in [7, 11) is -2.28. The third kappa shape index (κ3) is 8.07. The highest BCUT2D eigenvalue weighted by molar-refractivity contribution is 7.88. The van der Waals surface area contributed by atoms with E-state index in [9.17, 15) is 27.9 Å². The number of aliphatic hydroxyl groups excluding tert-OH is 1. The average molecular weight is 542 g/mol. The molecule has 202 valence electrons. The van der Waals surface area contributed by atoms with Crippen LogP contribution in [0.1, 0.15) is 22.5 Å². The summed E-state index contributed by atoms with van der Waals surface area (Å²) in [5.74, 6) is -2.28. The number of benzene rings is 2. The van der Waals surface area contributed by atoms with Crippen LogP contribution in [0.5, 0.6) is 0 Å². The Morgan fingerprint density at radius 2 is 1.66 bits per heavy atom. The van der Waals surface area contributed by atoms with E-state index in [4.69, 9.17) is 5.73 Å². The Morgan fingerprint density at radius 3 is 2.32 bits per heavy atom. The van der Waals surface area contributed by atoms with Gasteiger partial charge in [-0.05, 0) is 24.1 Å². The van der Waals surface area contributed by atoms with Crippen LogP contribution in [0.2, 0.25) is 0 Å². The second kappa shape index (κ2) is 12.6. The maximum atomic E-state index is 13.2. The summed E-state index contributed by atoms with van der Waals surface area (Å²) in [5, 5.41) is 16.9. The standard InChI is InChI=1S/C26H31N5O6S/c1-31(38(2,36)37)16-23(32)21(14-17-8-4-3-5-9-17)29-26(35)22(15-24(27)33)30-25(34)20-13-12-18-10-6-7-11-19(18)28-20/h3-13,21-23,32H,14-16H2,1-2H3,(H2,27,33)(H,29,35)(H,30,34)/t21-,22?,23+/m0/s1. The normalized spacial score (nSPS) is 14.0. The number of amides is 3. The second-order valence-corrected chi connectivity index (χ2v) is 11.1. The van der Waals surface area contributed by atoms with E-state index in [1.165, 1.54) is 13.1 Å². The number of carbonyl (C=O) groups excluding carboxylic acids is 3. The van der Waals surface area contributed by atoms with Crippen molar-refractivity contribution in [1.82, 2.24) is 19.9 Å². The molecule has 0 spiro atoms. The van der Waals surface area contributed by atoms with Crippen LogP contribution in [0.4, 0.5) is 0 Å². The molecule has 0 fully saturated rings. The van der Waals surface area contributed by atoms with E-state index in [0.29, 0.717) is 5.52 Å². The number of para-hydroxylation sites is 1. The summed E-state index contributed by atoms with van der Waals surface area (Å²) in [6.45, 7) is -0.287. The van der Waals surface area contributed by atoms with Crippen molar-refractivity contribution in [1.29, 1.82) is 0 Å². The van der Waals surface area contributed by atoms with Crippen LogP contribution >= 0.6 is 0 Å². The smallest absolute Gasteiger partial charge is 0.270 e. The van der Waals surface area contributed by atoms with Gasteiger partial charge in [0.1, 0.15) is 11.7 Å². The average Bonchev–Trinajstić information content (AvgIpc) is 2.87. The first kappa shape index (κ1) is 28.7. The number of aromatic nitrogens is 1. The SMILES string of the molecule is CN(C[C@@H](O)[C@H](Cc1ccccc1)NC(=O)C(CC(N)=O)NC(=O)c1ccc2ccccc2n1)S(C)(=O)=O. The Morgan fingerprint density at radius 1 is 1.00 bits per heavy atom. The number of aliphatic hydroxyl groups is 1. The highest BCUT2D eigenvalue weighted by atomic mass is 32.2. The van der Waals surface area contributed by atoms with Crippen molar-refractivity contribution in [2.45, 2.75) is 31.0 Å². The number of nitrogens with two attached hydrogens (primary N) is 1. The fourth-order valence-electron chi connectivity index (χ4n) is 3.80. The molecule has 3 rings (SSSR count). The molecule has 0 aliphatic rings. The fourth-order valence-corrected chi connectivity index (χ4v) is 4.22. The molecule has 0 saturated carbocycles. The minimum absolute atomic E-state index is 0.0432. The van der Waals surface area contributed by atoms with Crippen LogP contribution in [-0.2, 0) is 26.0 Å². The molecule has 2 aromatic carbocycles. The number of nitrogens with zero attached hydrogens (tertiary/aromatic N) is 2. The molecule has 0 radical (unpaired) electrons. The Kier molecular flexibility index (Phi) is 9.50. The van der Waals surface area contributed by atoms with E-state index in [2.05, 4.69) is 15.6 Å². The van der Waals surface area contributed by atoms with Crippen molar-refractivity contribution in [3.05, 3.63) is 78.0 Å². The zero-order chi connectivity index (χ0) is 27.9. The van der Waals surface area contributed by atoms with Gasteiger partial charge in [-0.1, -0.05) is 54.6 Å². The van der Waals surface area contributed by atoms with Crippen LogP contribution < -0.4 is 16.4 Å². The van der Waals surface area contributed by atoms with E-state index in [-0.39, 0.29) is 18.7 Å². The quantitative estimate of drug-likeness (QED) is 0.253. The summed E-state index contributed by atoms with van der Waals surface area (Å²) in [5.41, 5.74) is 6.74. The molecule has 0 bridgehead atoms. The van der Waals surface area contributed by atoms with Gasteiger partial charge in [0.2, 0.25) is 21.8 Å². The highest BCUT2D eigenvalue weighted by Gasteiger charge is 2.30. The summed E-state index contributed by atoms with van der Waals surface area (Å²) in [4.78, 5) is 42.2. The van der Waals surface area contributed by atoms with Gasteiger partial charge in [-0.3, -0.25) is 14.4 Å². The molecule has 1 unspecified atom stereocenters. The molecule has 5 N–H and O–H groups in total. The fraction of sp³-hybridized carbons (Fsp3) is 0.308. The van der Waals surface area contributed by atoms with E-state index >= 15 is 0 Å². The topological polar surface area (TPSA) is 172 Å². The molecule has 38 heavy (non-hydrogen) atoms. The van der Waals surface area contributed by atoms with Crippen LogP contribution in [0.25, 0.3) is 10.9 Å². The summed E-state index contributed by atoms with van der Waals surface area (Å²) < 4.78 is 24.7. The van der Waals surface area contributed by atoms with E-state index in [1.807, 2.05) is 18.2 Å². The molecular formula is C26H31N5O6S. The molecule has 0 aliphatic carbocycles. The van der Waals surface area contributed by atoms with Crippen LogP contribution in [0.3, 0.4) is 0 Å². The molecular weight excluding hydrogens is 510 g/mol. The minimum Gasteiger partial charge on any atom is -0.390 e. The number of sulfonamides is 1. The van der Waals surface area contributed by atoms with Crippen molar-refractivity contribution >= 4 is 38.6 Å². The number of primary amides is 1. The number of carbonyl (C=O) groups is 3. The zero-order valence-electron chi connectivity index (χ0n) is 21.1. The lowest BCUT2D eigenvalue weighted by Gasteiger charge is -2.29. The van der Waals surface area contributed by atoms with Crippen LogP contribution in [0.15, 0.2) is 66.7 Å². The summed E-state index contributed by atoms with van der Waals surface area (Å²) >= 11 is 0. The van der Waals surface area contributed by atoms with Crippen molar-refractivity contribution < 1.29 is 27.9 Å². The van der Waals surface area contributed by atoms with Gasteiger partial charge in [-0.25, -0.2) is 17.7 Å². The number of likely N-dealkylation sites (N-methyl/N-ethyl adjacent to an activating group) is 1. The molecule has 0 aliphatic heterocycles. The van der Waals surface area contributed by atoms with Gasteiger partial charge in [0, 0.05) is 19.0 Å². The molecule has 0 saturated heterocycles. The molecule has 1 heterocycles. The van der Waals surface area contributed by atoms with Crippen LogP contribution in [0, 0.1) is 0 Å². The minimum atomic E-state index is -3.59. The van der Waals surface area contributed by atoms with Gasteiger partial charge >= 0.3 is 0 Å². The van der Waals surface area contributed by atoms with Gasteiger partial charge < -0.3 is 21.5 Å². The first-order valence-electron chi connectivity index (χ1n) is 11.8. The molecule has 1 aromatic heterocycles. The van der Waals surface area contributed by atoms with Gasteiger partial charge in [-0.2, -0.15) is 0 Å². The van der Waals surface area contributed by atoms with E-state index in [1.54, 1.807) is 42.5 Å². The van der Waals surface area contributed by atoms with Crippen molar-refractivity contribution in [2.75, 3.05) is 19.8 Å². The van der Waals surface area contributed by atoms with Gasteiger partial charge in [0.25, 0.3) is 5.91 Å². The summed E-state index contributed by atoms with van der Waals surface area (Å²) in [6.07, 6.45) is -0.632. The third-order valence-corrected chi connectivity index (χ3v) is 7.24. The molecule has 3 atom stereocenters. The monoisotopic (exact) mass is 541 g/mol. The lowest BCUT2D eigenvalue weighted by molar-refractivity contribution is -0.128. The second-order valence-electron chi connectivity index (χ2n) is 9.00. The number of hydrogen-bond acceptors (Lipinski definition) is 7. The predicted molar refractivity (Wildman–Crippen MR) is 142 cm³/mol. The van der Waals surface area contributed by atoms with Crippen LogP contribution in [-0.4, -0.2) is 78.6 Å². The number of fused-ring (bicyclic) bond motifs is 1. The Balaban J connectivity index is 1.81. The van der Waals surface area contributed by atoms with Gasteiger partial charge in [-0.15, -0.1) is 0 Å². The Hall–Kier alpha value is -3.87. The number of rotatable bonds is 12. The van der Waals surface area contributed by atoms with Crippen molar-refractivity contribution in [2.24, 2.45) is 5.73 Å². The predicted octanol–water partition coefficient (Wildman–Crippen LogP) is 0.188. The van der Waals surface area contributed by atoms with E-state index in [0.717, 1.165) is 21.5 Å². The largest absolute Gasteiger partial charge is 0.390 e. The lowest BCUT2D eigenvalue weighted by atomic mass is 10.00. The molecule has 11 nitrogen and oxygen atoms in total. The van der Waals surface area contributed by atoms with Gasteiger partial charge in [0.15, 0.2) is 0 Å². The Bertz CT molecular complexity index is 1400. The molecule has 3 aromatic rings. The maximum Gasteiger partial charge on any atom is 0.270 e. The van der Waals surface area contributed by atoms with Crippen molar-refractivity contribution in [3.63, 3.8) is 0 Å². The maximum absolute atomic E-state index is 13.2. The molecule has 3 amide bonds. The number of nitrogens with one attached hydrogen (secondary N) is 2. The Labute approximate surface area is 221 Å². The van der Waals surface area contributed by atoms with Crippen molar-refractivity contribution in [3.8, 4) is 0 Å². The summed E-state index contributed by atoms with van der Waals surface area (Å²) in [6, 6.07) is 17.1. The lowest BCUT2D eigenvalue weighted by Crippen LogP contribution is -2.55. The molecule has 12 heteroatoms. The number of hydrogen-bond donors (Lipinski definition) is 4. The first-order valence-corrected chi connectivity index (χ1v) is 13.7.